The van der Waals surface area contributed by atoms with Gasteiger partial charge in [0.05, 0.1) is 12.7 Å². The van der Waals surface area contributed by atoms with Crippen LogP contribution in [0.2, 0.25) is 0 Å². The molecule has 0 saturated heterocycles. The van der Waals surface area contributed by atoms with Gasteiger partial charge in [-0.25, -0.2) is 13.1 Å². The molecule has 0 amide bonds. The summed E-state index contributed by atoms with van der Waals surface area (Å²) in [6.07, 6.45) is 8.05. The number of aromatic nitrogens is 2. The van der Waals surface area contributed by atoms with Crippen molar-refractivity contribution >= 4 is 16.1 Å². The van der Waals surface area contributed by atoms with E-state index in [9.17, 15) is 8.42 Å². The second-order valence-corrected chi connectivity index (χ2v) is 7.85. The maximum Gasteiger partial charge on any atom is 0.233 e. The summed E-state index contributed by atoms with van der Waals surface area (Å²) in [4.78, 5) is 0. The summed E-state index contributed by atoms with van der Waals surface area (Å²) in [6, 6.07) is 7.72. The molecular weight excluding hydrogens is 322 g/mol. The van der Waals surface area contributed by atoms with E-state index in [1.54, 1.807) is 6.08 Å². The Balaban J connectivity index is 1.55. The number of sulfonamides is 1. The lowest BCUT2D eigenvalue weighted by Crippen LogP contribution is -2.26. The normalized spacial score (nSPS) is 14.9. The summed E-state index contributed by atoms with van der Waals surface area (Å²) in [6.45, 7) is 2.90. The van der Waals surface area contributed by atoms with Crippen molar-refractivity contribution in [1.29, 1.82) is 0 Å². The molecular formula is C18H23N3O2S. The van der Waals surface area contributed by atoms with Crippen molar-refractivity contribution in [3.05, 3.63) is 58.3 Å². The maximum absolute atomic E-state index is 12.1. The molecule has 2 aromatic rings. The minimum absolute atomic E-state index is 0.342. The maximum atomic E-state index is 12.1. The number of hydrogen-bond donors (Lipinski definition) is 1. The van der Waals surface area contributed by atoms with Gasteiger partial charge in [-0.2, -0.15) is 5.10 Å². The van der Waals surface area contributed by atoms with Crippen LogP contribution in [-0.2, 0) is 29.4 Å². The standard InChI is InChI=1S/C18H23N3O2S/c1-15-6-8-16(9-7-15)10-13-24(22,23)20-11-12-21-18-5-3-2-4-17(18)14-19-21/h6-10,13-14,20H,2-5,11-12H2,1H3. The summed E-state index contributed by atoms with van der Waals surface area (Å²) in [5.41, 5.74) is 4.59. The lowest BCUT2D eigenvalue weighted by atomic mass is 9.98. The van der Waals surface area contributed by atoms with Crippen molar-refractivity contribution in [1.82, 2.24) is 14.5 Å². The number of fused-ring (bicyclic) bond motifs is 1. The van der Waals surface area contributed by atoms with Crippen LogP contribution in [0.3, 0.4) is 0 Å². The van der Waals surface area contributed by atoms with Crippen LogP contribution in [0.25, 0.3) is 6.08 Å². The molecule has 1 aliphatic carbocycles. The summed E-state index contributed by atoms with van der Waals surface area (Å²) < 4.78 is 28.7. The predicted octanol–water partition coefficient (Wildman–Crippen LogP) is 2.66. The van der Waals surface area contributed by atoms with Crippen molar-refractivity contribution in [2.24, 2.45) is 0 Å². The van der Waals surface area contributed by atoms with Crippen LogP contribution in [0.1, 0.15) is 35.2 Å². The van der Waals surface area contributed by atoms with Gasteiger partial charge in [0, 0.05) is 17.6 Å². The highest BCUT2D eigenvalue weighted by atomic mass is 32.2. The van der Waals surface area contributed by atoms with Crippen LogP contribution >= 0.6 is 0 Å². The number of benzene rings is 1. The van der Waals surface area contributed by atoms with Gasteiger partial charge in [-0.1, -0.05) is 29.8 Å². The van der Waals surface area contributed by atoms with E-state index in [-0.39, 0.29) is 0 Å². The Morgan fingerprint density at radius 3 is 2.75 bits per heavy atom. The van der Waals surface area contributed by atoms with Crippen LogP contribution in [0.4, 0.5) is 0 Å². The van der Waals surface area contributed by atoms with Crippen LogP contribution in [-0.4, -0.2) is 24.7 Å². The van der Waals surface area contributed by atoms with Crippen LogP contribution < -0.4 is 4.72 Å². The van der Waals surface area contributed by atoms with E-state index in [0.717, 1.165) is 24.0 Å². The van der Waals surface area contributed by atoms with Crippen LogP contribution in [0, 0.1) is 6.92 Å². The molecule has 1 aromatic heterocycles. The van der Waals surface area contributed by atoms with Gasteiger partial charge in [0.15, 0.2) is 0 Å². The Morgan fingerprint density at radius 1 is 1.21 bits per heavy atom. The fraction of sp³-hybridized carbons (Fsp3) is 0.389. The second kappa shape index (κ2) is 7.32. The highest BCUT2D eigenvalue weighted by Crippen LogP contribution is 2.20. The van der Waals surface area contributed by atoms with E-state index in [1.165, 1.54) is 29.5 Å². The largest absolute Gasteiger partial charge is 0.268 e. The Hall–Kier alpha value is -1.92. The minimum atomic E-state index is -3.44. The SMILES string of the molecule is Cc1ccc(C=CS(=O)(=O)NCCn2ncc3c2CCCC3)cc1. The molecule has 1 N–H and O–H groups in total. The Kier molecular flexibility index (Phi) is 5.16. The molecule has 1 aromatic carbocycles. The lowest BCUT2D eigenvalue weighted by Gasteiger charge is -2.13. The van der Waals surface area contributed by atoms with E-state index < -0.39 is 10.0 Å². The topological polar surface area (TPSA) is 64.0 Å². The first kappa shape index (κ1) is 16.9. The Morgan fingerprint density at radius 2 is 1.96 bits per heavy atom. The van der Waals surface area contributed by atoms with Gasteiger partial charge < -0.3 is 0 Å². The van der Waals surface area contributed by atoms with Gasteiger partial charge in [0.25, 0.3) is 0 Å². The van der Waals surface area contributed by atoms with Gasteiger partial charge in [0.2, 0.25) is 10.0 Å². The fourth-order valence-corrected chi connectivity index (χ4v) is 3.74. The highest BCUT2D eigenvalue weighted by molar-refractivity contribution is 7.92. The molecule has 3 rings (SSSR count). The summed E-state index contributed by atoms with van der Waals surface area (Å²) >= 11 is 0. The van der Waals surface area contributed by atoms with E-state index in [2.05, 4.69) is 9.82 Å². The molecule has 6 heteroatoms. The Labute approximate surface area is 143 Å². The molecule has 0 unspecified atom stereocenters. The fourth-order valence-electron chi connectivity index (χ4n) is 2.94. The number of nitrogens with zero attached hydrogens (tertiary/aromatic N) is 2. The molecule has 24 heavy (non-hydrogen) atoms. The molecule has 0 aliphatic heterocycles. The third-order valence-corrected chi connectivity index (χ3v) is 5.39. The van der Waals surface area contributed by atoms with Crippen molar-refractivity contribution in [2.75, 3.05) is 6.54 Å². The van der Waals surface area contributed by atoms with Crippen molar-refractivity contribution in [2.45, 2.75) is 39.2 Å². The van der Waals surface area contributed by atoms with Gasteiger partial charge in [0.1, 0.15) is 0 Å². The lowest BCUT2D eigenvalue weighted by molar-refractivity contribution is 0.542. The minimum Gasteiger partial charge on any atom is -0.268 e. The average molecular weight is 345 g/mol. The number of rotatable bonds is 6. The molecule has 1 heterocycles. The zero-order chi connectivity index (χ0) is 17.0. The molecule has 0 bridgehead atoms. The summed E-state index contributed by atoms with van der Waals surface area (Å²) in [5, 5.41) is 5.60. The van der Waals surface area contributed by atoms with Crippen LogP contribution in [0.15, 0.2) is 35.9 Å². The zero-order valence-electron chi connectivity index (χ0n) is 13.9. The molecule has 0 spiro atoms. The van der Waals surface area contributed by atoms with Crippen molar-refractivity contribution in [3.8, 4) is 0 Å². The Bertz CT molecular complexity index is 820. The number of hydrogen-bond acceptors (Lipinski definition) is 3. The monoisotopic (exact) mass is 345 g/mol. The molecule has 1 aliphatic rings. The smallest absolute Gasteiger partial charge is 0.233 e. The van der Waals surface area contributed by atoms with Crippen molar-refractivity contribution in [3.63, 3.8) is 0 Å². The first-order valence-corrected chi connectivity index (χ1v) is 9.86. The number of nitrogens with one attached hydrogen (secondary N) is 1. The van der Waals surface area contributed by atoms with E-state index in [4.69, 9.17) is 0 Å². The first-order chi connectivity index (χ1) is 11.5. The van der Waals surface area contributed by atoms with Gasteiger partial charge in [-0.15, -0.1) is 0 Å². The van der Waals surface area contributed by atoms with E-state index in [1.807, 2.05) is 42.1 Å². The second-order valence-electron chi connectivity index (χ2n) is 6.20. The summed E-state index contributed by atoms with van der Waals surface area (Å²) in [7, 11) is -3.44. The highest BCUT2D eigenvalue weighted by Gasteiger charge is 2.15. The molecule has 0 saturated carbocycles. The predicted molar refractivity (Wildman–Crippen MR) is 96.0 cm³/mol. The third kappa shape index (κ3) is 4.33. The molecule has 0 radical (unpaired) electrons. The first-order valence-electron chi connectivity index (χ1n) is 8.31. The van der Waals surface area contributed by atoms with Crippen molar-refractivity contribution < 1.29 is 8.42 Å². The van der Waals surface area contributed by atoms with E-state index >= 15 is 0 Å². The average Bonchev–Trinajstić information content (AvgIpc) is 2.98. The molecule has 128 valence electrons. The van der Waals surface area contributed by atoms with Gasteiger partial charge >= 0.3 is 0 Å². The third-order valence-electron chi connectivity index (χ3n) is 4.29. The van der Waals surface area contributed by atoms with Gasteiger partial charge in [-0.05, 0) is 49.8 Å². The quantitative estimate of drug-likeness (QED) is 0.875. The summed E-state index contributed by atoms with van der Waals surface area (Å²) in [5.74, 6) is 0. The van der Waals surface area contributed by atoms with Crippen LogP contribution in [0.5, 0.6) is 0 Å². The van der Waals surface area contributed by atoms with Gasteiger partial charge in [-0.3, -0.25) is 4.68 Å². The van der Waals surface area contributed by atoms with E-state index in [0.29, 0.717) is 13.1 Å². The zero-order valence-corrected chi connectivity index (χ0v) is 14.7. The number of aryl methyl sites for hydroxylation is 2. The molecule has 0 fully saturated rings. The molecule has 0 atom stereocenters. The molecule has 5 nitrogen and oxygen atoms in total.